The highest BCUT2D eigenvalue weighted by atomic mass is 16.4. The molecule has 2 fully saturated rings. The summed E-state index contributed by atoms with van der Waals surface area (Å²) in [6.07, 6.45) is 2.21. The lowest BCUT2D eigenvalue weighted by atomic mass is 9.98. The van der Waals surface area contributed by atoms with Crippen molar-refractivity contribution in [3.8, 4) is 0 Å². The quantitative estimate of drug-likeness (QED) is 0.811. The number of piperazine rings is 1. The number of hydrogen-bond donors (Lipinski definition) is 1. The molecule has 1 unspecified atom stereocenters. The summed E-state index contributed by atoms with van der Waals surface area (Å²) in [6.45, 7) is 9.18. The molecule has 1 N–H and O–H groups in total. The fraction of sp³-hybridized carbons (Fsp3) is 0.929. The van der Waals surface area contributed by atoms with Crippen LogP contribution in [0.2, 0.25) is 0 Å². The third-order valence-corrected chi connectivity index (χ3v) is 4.61. The predicted molar refractivity (Wildman–Crippen MR) is 75.4 cm³/mol. The molecule has 2 aliphatic heterocycles. The highest BCUT2D eigenvalue weighted by molar-refractivity contribution is 5.74. The first kappa shape index (κ1) is 14.8. The molecule has 19 heavy (non-hydrogen) atoms. The van der Waals surface area contributed by atoms with Crippen LogP contribution in [-0.2, 0) is 4.79 Å². The summed E-state index contributed by atoms with van der Waals surface area (Å²) < 4.78 is 0. The second-order valence-electron chi connectivity index (χ2n) is 6.21. The van der Waals surface area contributed by atoms with Crippen molar-refractivity contribution in [3.05, 3.63) is 0 Å². The van der Waals surface area contributed by atoms with E-state index in [1.54, 1.807) is 0 Å². The molecule has 0 aromatic rings. The van der Waals surface area contributed by atoms with Crippen LogP contribution in [0.1, 0.15) is 26.7 Å². The molecular weight excluding hydrogens is 242 g/mol. The number of hydrogen-bond acceptors (Lipinski definition) is 4. The van der Waals surface area contributed by atoms with Crippen molar-refractivity contribution < 1.29 is 9.90 Å². The SMILES string of the molecule is CC(C)N1CCC(N2CCN(C)CC2C(=O)O)CC1. The summed E-state index contributed by atoms with van der Waals surface area (Å²) in [4.78, 5) is 18.3. The lowest BCUT2D eigenvalue weighted by Gasteiger charge is -2.45. The number of likely N-dealkylation sites (N-methyl/N-ethyl adjacent to an activating group) is 1. The lowest BCUT2D eigenvalue weighted by Crippen LogP contribution is -2.60. The standard InChI is InChI=1S/C14H27N3O2/c1-11(2)16-6-4-12(5-7-16)17-9-8-15(3)10-13(17)14(18)19/h11-13H,4-10H2,1-3H3,(H,18,19). The first-order valence-electron chi connectivity index (χ1n) is 7.40. The van der Waals surface area contributed by atoms with E-state index in [2.05, 4.69) is 28.5 Å². The molecule has 2 aliphatic rings. The molecule has 5 heteroatoms. The molecular formula is C14H27N3O2. The van der Waals surface area contributed by atoms with E-state index in [9.17, 15) is 9.90 Å². The van der Waals surface area contributed by atoms with E-state index in [4.69, 9.17) is 0 Å². The van der Waals surface area contributed by atoms with Crippen LogP contribution in [0.15, 0.2) is 0 Å². The minimum atomic E-state index is -0.669. The van der Waals surface area contributed by atoms with Crippen molar-refractivity contribution in [1.29, 1.82) is 0 Å². The maximum absolute atomic E-state index is 11.4. The largest absolute Gasteiger partial charge is 0.480 e. The third kappa shape index (κ3) is 3.46. The van der Waals surface area contributed by atoms with Gasteiger partial charge in [0.2, 0.25) is 0 Å². The van der Waals surface area contributed by atoms with Crippen LogP contribution in [0.25, 0.3) is 0 Å². The minimum absolute atomic E-state index is 0.325. The molecule has 0 aromatic carbocycles. The summed E-state index contributed by atoms with van der Waals surface area (Å²) in [5.41, 5.74) is 0. The van der Waals surface area contributed by atoms with Crippen molar-refractivity contribution >= 4 is 5.97 Å². The maximum Gasteiger partial charge on any atom is 0.322 e. The second kappa shape index (κ2) is 6.20. The Morgan fingerprint density at radius 3 is 2.32 bits per heavy atom. The van der Waals surface area contributed by atoms with Gasteiger partial charge in [0, 0.05) is 31.7 Å². The fourth-order valence-electron chi connectivity index (χ4n) is 3.32. The molecule has 2 heterocycles. The monoisotopic (exact) mass is 269 g/mol. The Labute approximate surface area is 116 Å². The topological polar surface area (TPSA) is 47.0 Å². The van der Waals surface area contributed by atoms with Gasteiger partial charge in [-0.1, -0.05) is 0 Å². The molecule has 0 bridgehead atoms. The lowest BCUT2D eigenvalue weighted by molar-refractivity contribution is -0.147. The van der Waals surface area contributed by atoms with Crippen molar-refractivity contribution in [2.75, 3.05) is 39.8 Å². The zero-order valence-corrected chi connectivity index (χ0v) is 12.4. The summed E-state index contributed by atoms with van der Waals surface area (Å²) >= 11 is 0. The Balaban J connectivity index is 1.95. The van der Waals surface area contributed by atoms with E-state index in [-0.39, 0.29) is 6.04 Å². The zero-order valence-electron chi connectivity index (χ0n) is 12.4. The number of rotatable bonds is 3. The van der Waals surface area contributed by atoms with Crippen molar-refractivity contribution in [1.82, 2.24) is 14.7 Å². The molecule has 0 saturated carbocycles. The van der Waals surface area contributed by atoms with Crippen LogP contribution in [0, 0.1) is 0 Å². The van der Waals surface area contributed by atoms with E-state index in [0.29, 0.717) is 18.6 Å². The number of carboxylic acids is 1. The Bertz CT molecular complexity index is 314. The van der Waals surface area contributed by atoms with Gasteiger partial charge in [0.05, 0.1) is 0 Å². The van der Waals surface area contributed by atoms with E-state index in [1.807, 2.05) is 7.05 Å². The summed E-state index contributed by atoms with van der Waals surface area (Å²) in [6, 6.07) is 0.725. The van der Waals surface area contributed by atoms with Gasteiger partial charge in [-0.15, -0.1) is 0 Å². The van der Waals surface area contributed by atoms with E-state index < -0.39 is 5.97 Å². The average Bonchev–Trinajstić information content (AvgIpc) is 2.38. The van der Waals surface area contributed by atoms with Crippen LogP contribution in [0.5, 0.6) is 0 Å². The van der Waals surface area contributed by atoms with Gasteiger partial charge in [-0.2, -0.15) is 0 Å². The van der Waals surface area contributed by atoms with Crippen LogP contribution in [0.4, 0.5) is 0 Å². The second-order valence-corrected chi connectivity index (χ2v) is 6.21. The van der Waals surface area contributed by atoms with Crippen molar-refractivity contribution in [2.24, 2.45) is 0 Å². The first-order valence-corrected chi connectivity index (χ1v) is 7.40. The predicted octanol–water partition coefficient (Wildman–Crippen LogP) is 0.560. The number of nitrogens with zero attached hydrogens (tertiary/aromatic N) is 3. The van der Waals surface area contributed by atoms with Crippen LogP contribution >= 0.6 is 0 Å². The molecule has 2 saturated heterocycles. The van der Waals surface area contributed by atoms with E-state index in [1.165, 1.54) is 0 Å². The van der Waals surface area contributed by atoms with Gasteiger partial charge in [-0.25, -0.2) is 0 Å². The van der Waals surface area contributed by atoms with Gasteiger partial charge in [-0.05, 0) is 46.8 Å². The first-order chi connectivity index (χ1) is 8.99. The highest BCUT2D eigenvalue weighted by Crippen LogP contribution is 2.22. The molecule has 0 aliphatic carbocycles. The van der Waals surface area contributed by atoms with Crippen LogP contribution in [-0.4, -0.2) is 83.7 Å². The highest BCUT2D eigenvalue weighted by Gasteiger charge is 2.36. The average molecular weight is 269 g/mol. The van der Waals surface area contributed by atoms with E-state index >= 15 is 0 Å². The number of carbonyl (C=O) groups is 1. The Hall–Kier alpha value is -0.650. The Morgan fingerprint density at radius 2 is 1.79 bits per heavy atom. The molecule has 0 aromatic heterocycles. The van der Waals surface area contributed by atoms with Gasteiger partial charge < -0.3 is 14.9 Å². The molecule has 2 rings (SSSR count). The Morgan fingerprint density at radius 1 is 1.16 bits per heavy atom. The summed E-state index contributed by atoms with van der Waals surface area (Å²) in [5.74, 6) is -0.669. The number of carboxylic acid groups (broad SMARTS) is 1. The van der Waals surface area contributed by atoms with Gasteiger partial charge in [-0.3, -0.25) is 9.69 Å². The summed E-state index contributed by atoms with van der Waals surface area (Å²) in [5, 5.41) is 9.42. The molecule has 1 atom stereocenters. The number of aliphatic carboxylic acids is 1. The number of likely N-dealkylation sites (tertiary alicyclic amines) is 1. The van der Waals surface area contributed by atoms with Crippen LogP contribution < -0.4 is 0 Å². The molecule has 0 amide bonds. The third-order valence-electron chi connectivity index (χ3n) is 4.61. The molecule has 0 radical (unpaired) electrons. The van der Waals surface area contributed by atoms with E-state index in [0.717, 1.165) is 39.0 Å². The number of piperidine rings is 1. The Kier molecular flexibility index (Phi) is 4.81. The van der Waals surface area contributed by atoms with Gasteiger partial charge in [0.15, 0.2) is 0 Å². The zero-order chi connectivity index (χ0) is 14.0. The molecule has 0 spiro atoms. The van der Waals surface area contributed by atoms with Gasteiger partial charge in [0.25, 0.3) is 0 Å². The minimum Gasteiger partial charge on any atom is -0.480 e. The van der Waals surface area contributed by atoms with Crippen molar-refractivity contribution in [3.63, 3.8) is 0 Å². The van der Waals surface area contributed by atoms with Crippen molar-refractivity contribution in [2.45, 2.75) is 44.8 Å². The fourth-order valence-corrected chi connectivity index (χ4v) is 3.32. The van der Waals surface area contributed by atoms with Gasteiger partial charge >= 0.3 is 5.97 Å². The van der Waals surface area contributed by atoms with Crippen LogP contribution in [0.3, 0.4) is 0 Å². The van der Waals surface area contributed by atoms with Gasteiger partial charge in [0.1, 0.15) is 6.04 Å². The maximum atomic E-state index is 11.4. The smallest absolute Gasteiger partial charge is 0.322 e. The molecule has 5 nitrogen and oxygen atoms in total. The normalized spacial score (nSPS) is 28.9. The molecule has 110 valence electrons. The summed E-state index contributed by atoms with van der Waals surface area (Å²) in [7, 11) is 2.01.